The molecule has 1 atom stereocenters. The Hall–Kier alpha value is -5.22. The van der Waals surface area contributed by atoms with E-state index in [1.165, 1.54) is 18.4 Å². The number of thiazole rings is 1. The van der Waals surface area contributed by atoms with E-state index in [9.17, 15) is 14.4 Å². The Bertz CT molecular complexity index is 2360. The minimum absolute atomic E-state index is 0.159. The zero-order valence-electron chi connectivity index (χ0n) is 29.1. The number of aromatic nitrogens is 2. The van der Waals surface area contributed by atoms with E-state index in [0.29, 0.717) is 45.0 Å². The second kappa shape index (κ2) is 13.4. The summed E-state index contributed by atoms with van der Waals surface area (Å²) in [5, 5.41) is 1.87. The molecule has 0 radical (unpaired) electrons. The molecule has 2 aromatic heterocycles. The van der Waals surface area contributed by atoms with Crippen LogP contribution in [0, 0.1) is 20.8 Å². The predicted octanol–water partition coefficient (Wildman–Crippen LogP) is 5.77. The standard InChI is InChI=1S/C39H40N4O5S/c1-9-41(10-2)37(45)33-24(5)40-39-43(35(33)34-29-15-12-11-14-26(29)18-19-31(34)47-7)36(44)32(49-39)21-27-20-22(3)42(25(27)6)30-17-13-16-28(23(30)4)38(46)48-8/h11-21,35H,9-10H2,1-8H3/b32-21-/t35-/m1/s1. The lowest BCUT2D eigenvalue weighted by Crippen LogP contribution is -2.43. The highest BCUT2D eigenvalue weighted by Gasteiger charge is 2.36. The molecule has 3 aromatic carbocycles. The average molecular weight is 677 g/mol. The zero-order chi connectivity index (χ0) is 35.1. The minimum atomic E-state index is -0.760. The van der Waals surface area contributed by atoms with Gasteiger partial charge < -0.3 is 18.9 Å². The van der Waals surface area contributed by atoms with Crippen molar-refractivity contribution in [2.45, 2.75) is 47.6 Å². The first-order valence-corrected chi connectivity index (χ1v) is 17.1. The summed E-state index contributed by atoms with van der Waals surface area (Å²) in [5.74, 6) is 0.0363. The van der Waals surface area contributed by atoms with Gasteiger partial charge in [0, 0.05) is 35.7 Å². The number of hydrogen-bond acceptors (Lipinski definition) is 7. The van der Waals surface area contributed by atoms with Crippen LogP contribution in [0.15, 0.2) is 81.7 Å². The van der Waals surface area contributed by atoms with Crippen LogP contribution >= 0.6 is 11.3 Å². The number of rotatable bonds is 8. The number of benzene rings is 3. The third-order valence-corrected chi connectivity index (χ3v) is 10.4. The highest BCUT2D eigenvalue weighted by Crippen LogP contribution is 2.40. The van der Waals surface area contributed by atoms with Crippen molar-refractivity contribution in [2.24, 2.45) is 4.99 Å². The van der Waals surface area contributed by atoms with Gasteiger partial charge in [-0.15, -0.1) is 0 Å². The van der Waals surface area contributed by atoms with E-state index in [1.807, 2.05) is 102 Å². The molecule has 5 aromatic rings. The van der Waals surface area contributed by atoms with E-state index < -0.39 is 12.0 Å². The number of ether oxygens (including phenoxy) is 2. The third-order valence-electron chi connectivity index (χ3n) is 9.44. The fourth-order valence-electron chi connectivity index (χ4n) is 6.93. The number of hydrogen-bond donors (Lipinski definition) is 0. The summed E-state index contributed by atoms with van der Waals surface area (Å²) in [6.07, 6.45) is 1.89. The first-order chi connectivity index (χ1) is 23.6. The molecule has 0 N–H and O–H groups in total. The molecule has 10 heteroatoms. The summed E-state index contributed by atoms with van der Waals surface area (Å²) in [5.41, 5.74) is 6.41. The van der Waals surface area contributed by atoms with Crippen molar-refractivity contribution in [3.05, 3.63) is 125 Å². The number of carbonyl (C=O) groups is 2. The number of amides is 1. The molecule has 0 spiro atoms. The lowest BCUT2D eigenvalue weighted by molar-refractivity contribution is -0.127. The number of allylic oxidation sites excluding steroid dienone is 1. The zero-order valence-corrected chi connectivity index (χ0v) is 29.9. The Morgan fingerprint density at radius 3 is 2.41 bits per heavy atom. The van der Waals surface area contributed by atoms with Crippen LogP contribution in [-0.2, 0) is 9.53 Å². The molecule has 1 amide bonds. The van der Waals surface area contributed by atoms with Gasteiger partial charge >= 0.3 is 5.97 Å². The molecular weight excluding hydrogens is 637 g/mol. The Kier molecular flexibility index (Phi) is 9.18. The van der Waals surface area contributed by atoms with E-state index in [0.717, 1.165) is 44.5 Å². The second-order valence-corrected chi connectivity index (χ2v) is 13.1. The largest absolute Gasteiger partial charge is 0.496 e. The van der Waals surface area contributed by atoms with Crippen molar-refractivity contribution >= 4 is 40.1 Å². The normalized spacial score (nSPS) is 14.5. The number of esters is 1. The number of likely N-dealkylation sites (N-methyl/N-ethyl adjacent to an activating group) is 1. The Morgan fingerprint density at radius 2 is 1.71 bits per heavy atom. The summed E-state index contributed by atoms with van der Waals surface area (Å²) in [4.78, 5) is 48.5. The number of carbonyl (C=O) groups excluding carboxylic acids is 2. The molecule has 252 valence electrons. The highest BCUT2D eigenvalue weighted by molar-refractivity contribution is 7.07. The van der Waals surface area contributed by atoms with Gasteiger partial charge in [-0.25, -0.2) is 9.79 Å². The van der Waals surface area contributed by atoms with Gasteiger partial charge in [-0.2, -0.15) is 0 Å². The SMILES string of the molecule is CCN(CC)C(=O)C1=C(C)N=c2s/c(=C\c3cc(C)n(-c4cccc(C(=O)OC)c4C)c3C)c(=O)n2[C@H]1c1c(OC)ccc2ccccc12. The highest BCUT2D eigenvalue weighted by atomic mass is 32.1. The topological polar surface area (TPSA) is 95.1 Å². The van der Waals surface area contributed by atoms with Gasteiger partial charge in [0.25, 0.3) is 11.5 Å². The fraction of sp³-hybridized carbons (Fsp3) is 0.282. The summed E-state index contributed by atoms with van der Waals surface area (Å²) < 4.78 is 15.2. The molecule has 0 saturated heterocycles. The Labute approximate surface area is 289 Å². The molecular formula is C39H40N4O5S. The van der Waals surface area contributed by atoms with Gasteiger partial charge in [-0.1, -0.05) is 47.7 Å². The smallest absolute Gasteiger partial charge is 0.338 e. The first kappa shape index (κ1) is 33.7. The second-order valence-electron chi connectivity index (χ2n) is 12.1. The van der Waals surface area contributed by atoms with Crippen LogP contribution in [0.4, 0.5) is 0 Å². The number of nitrogens with zero attached hydrogens (tertiary/aromatic N) is 4. The molecule has 1 aliphatic rings. The number of methoxy groups -OCH3 is 2. The van der Waals surface area contributed by atoms with E-state index in [1.54, 1.807) is 22.6 Å². The van der Waals surface area contributed by atoms with Gasteiger partial charge in [0.1, 0.15) is 11.8 Å². The van der Waals surface area contributed by atoms with Crippen molar-refractivity contribution < 1.29 is 19.1 Å². The summed E-state index contributed by atoms with van der Waals surface area (Å²) in [7, 11) is 2.98. The van der Waals surface area contributed by atoms with Crippen molar-refractivity contribution in [1.29, 1.82) is 0 Å². The lowest BCUT2D eigenvalue weighted by Gasteiger charge is -2.30. The molecule has 1 aliphatic heterocycles. The Morgan fingerprint density at radius 1 is 0.980 bits per heavy atom. The summed E-state index contributed by atoms with van der Waals surface area (Å²) >= 11 is 1.30. The lowest BCUT2D eigenvalue weighted by atomic mass is 9.90. The molecule has 0 unspecified atom stereocenters. The van der Waals surface area contributed by atoms with Crippen LogP contribution in [0.2, 0.25) is 0 Å². The monoisotopic (exact) mass is 676 g/mol. The van der Waals surface area contributed by atoms with Crippen LogP contribution < -0.4 is 19.6 Å². The maximum Gasteiger partial charge on any atom is 0.338 e. The Balaban J connectivity index is 1.60. The van der Waals surface area contributed by atoms with Crippen LogP contribution in [0.5, 0.6) is 5.75 Å². The maximum absolute atomic E-state index is 14.6. The van der Waals surface area contributed by atoms with Crippen molar-refractivity contribution in [3.8, 4) is 11.4 Å². The van der Waals surface area contributed by atoms with Crippen molar-refractivity contribution in [1.82, 2.24) is 14.0 Å². The van der Waals surface area contributed by atoms with Gasteiger partial charge in [0.15, 0.2) is 4.80 Å². The molecule has 3 heterocycles. The van der Waals surface area contributed by atoms with E-state index in [-0.39, 0.29) is 11.5 Å². The summed E-state index contributed by atoms with van der Waals surface area (Å²) in [6, 6.07) is 18.7. The van der Waals surface area contributed by atoms with E-state index in [4.69, 9.17) is 14.5 Å². The van der Waals surface area contributed by atoms with Crippen LogP contribution in [0.25, 0.3) is 22.5 Å². The van der Waals surface area contributed by atoms with Crippen LogP contribution in [0.3, 0.4) is 0 Å². The summed E-state index contributed by atoms with van der Waals surface area (Å²) in [6.45, 7) is 12.7. The van der Waals surface area contributed by atoms with E-state index in [2.05, 4.69) is 4.57 Å². The molecule has 0 aliphatic carbocycles. The van der Waals surface area contributed by atoms with Gasteiger partial charge in [0.05, 0.1) is 35.6 Å². The number of fused-ring (bicyclic) bond motifs is 2. The average Bonchev–Trinajstić information content (AvgIpc) is 3.56. The number of aryl methyl sites for hydroxylation is 1. The molecule has 49 heavy (non-hydrogen) atoms. The predicted molar refractivity (Wildman–Crippen MR) is 194 cm³/mol. The third kappa shape index (κ3) is 5.59. The van der Waals surface area contributed by atoms with Gasteiger partial charge in [0.2, 0.25) is 0 Å². The molecule has 6 rings (SSSR count). The maximum atomic E-state index is 14.6. The van der Waals surface area contributed by atoms with Crippen LogP contribution in [-0.4, -0.2) is 53.2 Å². The van der Waals surface area contributed by atoms with Gasteiger partial charge in [-0.05, 0) is 93.8 Å². The molecule has 0 fully saturated rings. The van der Waals surface area contributed by atoms with Gasteiger partial charge in [-0.3, -0.25) is 14.2 Å². The molecule has 0 bridgehead atoms. The first-order valence-electron chi connectivity index (χ1n) is 16.3. The van der Waals surface area contributed by atoms with Crippen LogP contribution in [0.1, 0.15) is 65.2 Å². The molecule has 9 nitrogen and oxygen atoms in total. The van der Waals surface area contributed by atoms with Crippen molar-refractivity contribution in [3.63, 3.8) is 0 Å². The molecule has 0 saturated carbocycles. The van der Waals surface area contributed by atoms with Crippen molar-refractivity contribution in [2.75, 3.05) is 27.3 Å². The quantitative estimate of drug-likeness (QED) is 0.195. The van der Waals surface area contributed by atoms with E-state index >= 15 is 0 Å². The minimum Gasteiger partial charge on any atom is -0.496 e. The fourth-order valence-corrected chi connectivity index (χ4v) is 7.96.